The highest BCUT2D eigenvalue weighted by Gasteiger charge is 2.00. The van der Waals surface area contributed by atoms with Crippen molar-refractivity contribution in [1.82, 2.24) is 4.84 Å². The van der Waals surface area contributed by atoms with Crippen LogP contribution < -0.4 is 4.84 Å². The van der Waals surface area contributed by atoms with Crippen LogP contribution in [-0.4, -0.2) is 27.1 Å². The van der Waals surface area contributed by atoms with Crippen molar-refractivity contribution in [2.24, 2.45) is 0 Å². The Bertz CT molecular complexity index is 49.3. The SMILES string of the molecule is COC(CNCl)OC. The Kier molecular flexibility index (Phi) is 5.42. The van der Waals surface area contributed by atoms with Gasteiger partial charge in [-0.05, 0) is 11.8 Å². The van der Waals surface area contributed by atoms with Crippen molar-refractivity contribution in [3.05, 3.63) is 0 Å². The Labute approximate surface area is 54.0 Å². The average molecular weight is 140 g/mol. The van der Waals surface area contributed by atoms with Gasteiger partial charge in [-0.2, -0.15) is 0 Å². The molecule has 0 aliphatic carbocycles. The molecule has 0 heterocycles. The van der Waals surface area contributed by atoms with Crippen LogP contribution in [0.4, 0.5) is 0 Å². The highest BCUT2D eigenvalue weighted by Crippen LogP contribution is 1.86. The molecule has 0 spiro atoms. The smallest absolute Gasteiger partial charge is 0.170 e. The minimum absolute atomic E-state index is 0.243. The van der Waals surface area contributed by atoms with Gasteiger partial charge in [-0.25, -0.2) is 4.84 Å². The topological polar surface area (TPSA) is 30.5 Å². The summed E-state index contributed by atoms with van der Waals surface area (Å²) in [7, 11) is 3.12. The van der Waals surface area contributed by atoms with E-state index in [0.29, 0.717) is 6.54 Å². The van der Waals surface area contributed by atoms with Crippen LogP contribution in [0.25, 0.3) is 0 Å². The van der Waals surface area contributed by atoms with E-state index < -0.39 is 0 Å². The maximum absolute atomic E-state index is 5.14. The highest BCUT2D eigenvalue weighted by molar-refractivity contribution is 6.13. The minimum Gasteiger partial charge on any atom is -0.354 e. The number of methoxy groups -OCH3 is 2. The van der Waals surface area contributed by atoms with E-state index in [1.807, 2.05) is 0 Å². The first-order chi connectivity index (χ1) is 3.85. The lowest BCUT2D eigenvalue weighted by Gasteiger charge is -2.10. The molecule has 0 unspecified atom stereocenters. The van der Waals surface area contributed by atoms with Gasteiger partial charge >= 0.3 is 0 Å². The second-order valence-electron chi connectivity index (χ2n) is 1.24. The van der Waals surface area contributed by atoms with Crippen LogP contribution in [0.1, 0.15) is 0 Å². The third-order valence-electron chi connectivity index (χ3n) is 0.770. The van der Waals surface area contributed by atoms with E-state index in [1.54, 1.807) is 14.2 Å². The first kappa shape index (κ1) is 8.17. The maximum atomic E-state index is 5.14. The fourth-order valence-electron chi connectivity index (χ4n) is 0.326. The molecule has 0 bridgehead atoms. The molecule has 50 valence electrons. The lowest BCUT2D eigenvalue weighted by atomic mass is 10.6. The van der Waals surface area contributed by atoms with Crippen LogP contribution in [0.3, 0.4) is 0 Å². The van der Waals surface area contributed by atoms with Gasteiger partial charge in [0.1, 0.15) is 0 Å². The zero-order valence-electron chi connectivity index (χ0n) is 4.98. The van der Waals surface area contributed by atoms with Gasteiger partial charge < -0.3 is 9.47 Å². The molecule has 0 radical (unpaired) electrons. The predicted octanol–water partition coefficient (Wildman–Crippen LogP) is 0.349. The molecule has 3 nitrogen and oxygen atoms in total. The molecule has 1 N–H and O–H groups in total. The van der Waals surface area contributed by atoms with Crippen molar-refractivity contribution in [2.45, 2.75) is 6.29 Å². The summed E-state index contributed by atoms with van der Waals surface area (Å²) >= 11 is 5.14. The maximum Gasteiger partial charge on any atom is 0.170 e. The number of hydrogen-bond acceptors (Lipinski definition) is 3. The van der Waals surface area contributed by atoms with Gasteiger partial charge in [0, 0.05) is 14.2 Å². The molecule has 0 aliphatic heterocycles. The molecule has 0 saturated carbocycles. The van der Waals surface area contributed by atoms with Crippen molar-refractivity contribution >= 4 is 11.8 Å². The molecule has 0 fully saturated rings. The van der Waals surface area contributed by atoms with Gasteiger partial charge in [-0.1, -0.05) is 0 Å². The van der Waals surface area contributed by atoms with E-state index >= 15 is 0 Å². The number of rotatable bonds is 4. The molecular weight excluding hydrogens is 130 g/mol. The molecule has 0 amide bonds. The molecule has 0 saturated heterocycles. The van der Waals surface area contributed by atoms with Gasteiger partial charge in [0.05, 0.1) is 6.54 Å². The molecular formula is C4H10ClNO2. The van der Waals surface area contributed by atoms with Crippen molar-refractivity contribution in [3.8, 4) is 0 Å². The fraction of sp³-hybridized carbons (Fsp3) is 1.00. The Morgan fingerprint density at radius 3 is 2.12 bits per heavy atom. The fourth-order valence-corrected chi connectivity index (χ4v) is 0.452. The van der Waals surface area contributed by atoms with Crippen LogP contribution >= 0.6 is 11.8 Å². The molecule has 0 rings (SSSR count). The quantitative estimate of drug-likeness (QED) is 0.450. The third-order valence-corrected chi connectivity index (χ3v) is 0.924. The molecule has 0 aromatic heterocycles. The van der Waals surface area contributed by atoms with Crippen LogP contribution in [0, 0.1) is 0 Å². The van der Waals surface area contributed by atoms with E-state index in [1.165, 1.54) is 0 Å². The second kappa shape index (κ2) is 5.31. The van der Waals surface area contributed by atoms with Crippen molar-refractivity contribution in [2.75, 3.05) is 20.8 Å². The normalized spacial score (nSPS) is 10.5. The van der Waals surface area contributed by atoms with Crippen LogP contribution in [0.15, 0.2) is 0 Å². The zero-order valence-corrected chi connectivity index (χ0v) is 5.73. The van der Waals surface area contributed by atoms with E-state index in [-0.39, 0.29) is 6.29 Å². The lowest BCUT2D eigenvalue weighted by molar-refractivity contribution is -0.0960. The molecule has 0 aromatic carbocycles. The summed E-state index contributed by atoms with van der Waals surface area (Å²) in [6.45, 7) is 0.495. The zero-order chi connectivity index (χ0) is 6.41. The number of hydrogen-bond donors (Lipinski definition) is 1. The summed E-state index contributed by atoms with van der Waals surface area (Å²) < 4.78 is 9.54. The van der Waals surface area contributed by atoms with Gasteiger partial charge in [0.2, 0.25) is 0 Å². The molecule has 0 aromatic rings. The van der Waals surface area contributed by atoms with Gasteiger partial charge in [-0.15, -0.1) is 0 Å². The second-order valence-corrected chi connectivity index (χ2v) is 1.51. The number of ether oxygens (including phenoxy) is 2. The summed E-state index contributed by atoms with van der Waals surface area (Å²) in [5.41, 5.74) is 0. The van der Waals surface area contributed by atoms with Crippen molar-refractivity contribution in [3.63, 3.8) is 0 Å². The first-order valence-electron chi connectivity index (χ1n) is 2.24. The van der Waals surface area contributed by atoms with Crippen LogP contribution in [0.2, 0.25) is 0 Å². The number of halogens is 1. The Hall–Kier alpha value is 0.170. The third kappa shape index (κ3) is 3.21. The summed E-state index contributed by atoms with van der Waals surface area (Å²) in [6, 6.07) is 0. The van der Waals surface area contributed by atoms with E-state index in [4.69, 9.17) is 21.3 Å². The van der Waals surface area contributed by atoms with E-state index in [2.05, 4.69) is 4.84 Å². The summed E-state index contributed by atoms with van der Waals surface area (Å²) in [6.07, 6.45) is -0.243. The van der Waals surface area contributed by atoms with Gasteiger partial charge in [0.25, 0.3) is 0 Å². The average Bonchev–Trinajstić information content (AvgIpc) is 1.83. The van der Waals surface area contributed by atoms with E-state index in [9.17, 15) is 0 Å². The van der Waals surface area contributed by atoms with E-state index in [0.717, 1.165) is 0 Å². The minimum atomic E-state index is -0.243. The first-order valence-corrected chi connectivity index (χ1v) is 2.62. The van der Waals surface area contributed by atoms with Crippen LogP contribution in [0.5, 0.6) is 0 Å². The Morgan fingerprint density at radius 2 is 2.00 bits per heavy atom. The summed E-state index contributed by atoms with van der Waals surface area (Å²) in [5, 5.41) is 0. The van der Waals surface area contributed by atoms with Gasteiger partial charge in [0.15, 0.2) is 6.29 Å². The Balaban J connectivity index is 3.07. The number of nitrogens with one attached hydrogen (secondary N) is 1. The molecule has 0 atom stereocenters. The highest BCUT2D eigenvalue weighted by atomic mass is 35.5. The molecule has 8 heavy (non-hydrogen) atoms. The predicted molar refractivity (Wildman–Crippen MR) is 31.7 cm³/mol. The monoisotopic (exact) mass is 139 g/mol. The molecule has 4 heteroatoms. The standard InChI is InChI=1S/C4H10ClNO2/c1-7-4(8-2)3-6-5/h4,6H,3H2,1-2H3. The van der Waals surface area contributed by atoms with Crippen LogP contribution in [-0.2, 0) is 9.47 Å². The molecule has 0 aliphatic rings. The summed E-state index contributed by atoms with van der Waals surface area (Å²) in [5.74, 6) is 0. The van der Waals surface area contributed by atoms with Crippen molar-refractivity contribution < 1.29 is 9.47 Å². The van der Waals surface area contributed by atoms with Gasteiger partial charge in [-0.3, -0.25) is 0 Å². The largest absolute Gasteiger partial charge is 0.354 e. The van der Waals surface area contributed by atoms with Crippen molar-refractivity contribution in [1.29, 1.82) is 0 Å². The Morgan fingerprint density at radius 1 is 1.50 bits per heavy atom. The lowest BCUT2D eigenvalue weighted by Crippen LogP contribution is -2.24. The summed E-state index contributed by atoms with van der Waals surface area (Å²) in [4.78, 5) is 2.39.